The molecular formula is C36H42Cl2Hf. The molecule has 0 spiro atoms. The summed E-state index contributed by atoms with van der Waals surface area (Å²) in [7, 11) is 0. The van der Waals surface area contributed by atoms with Gasteiger partial charge in [0, 0.05) is 0 Å². The first-order valence-electron chi connectivity index (χ1n) is 14.5. The average Bonchev–Trinajstić information content (AvgIpc) is 3.43. The number of rotatable bonds is 8. The van der Waals surface area contributed by atoms with Crippen molar-refractivity contribution in [3.8, 4) is 22.3 Å². The molecule has 0 aliphatic heterocycles. The number of hydrogen-bond acceptors (Lipinski definition) is 0. The Morgan fingerprint density at radius 3 is 1.31 bits per heavy atom. The fraction of sp³-hybridized carbons (Fsp3) is 0.333. The quantitative estimate of drug-likeness (QED) is 0.159. The molecule has 39 heavy (non-hydrogen) atoms. The molecule has 2 aliphatic carbocycles. The van der Waals surface area contributed by atoms with Gasteiger partial charge in [0.2, 0.25) is 0 Å². The van der Waals surface area contributed by atoms with Crippen molar-refractivity contribution in [2.75, 3.05) is 0 Å². The molecule has 0 heterocycles. The van der Waals surface area contributed by atoms with Crippen molar-refractivity contribution < 1.29 is 20.0 Å². The zero-order valence-corrected chi connectivity index (χ0v) is 29.0. The Labute approximate surface area is 252 Å². The van der Waals surface area contributed by atoms with Gasteiger partial charge in [0.15, 0.2) is 0 Å². The standard InChI is InChI=1S/2C17H17.2CH3.2ClH.Hf/c2*1-2-3-8-13-14-9-4-6-11-16(14)17-12-7-5-10-15(13)17;;;;;/h2*4-7,9,11-13H,2-3,8H2,1H3;2*1H3;2*1H;. The van der Waals surface area contributed by atoms with E-state index in [-0.39, 0.29) is 24.8 Å². The Bertz CT molecular complexity index is 1350. The molecule has 4 aromatic carbocycles. The molecule has 2 atom stereocenters. The topological polar surface area (TPSA) is 0 Å². The van der Waals surface area contributed by atoms with Gasteiger partial charge >= 0.3 is 230 Å². The molecule has 2 aliphatic rings. The van der Waals surface area contributed by atoms with Crippen LogP contribution in [0, 0.1) is 0 Å². The van der Waals surface area contributed by atoms with Crippen LogP contribution < -0.4 is 6.64 Å². The molecule has 3 heteroatoms. The summed E-state index contributed by atoms with van der Waals surface area (Å²) < 4.78 is 8.89. The third-order valence-electron chi connectivity index (χ3n) is 9.20. The molecule has 0 N–H and O–H groups in total. The van der Waals surface area contributed by atoms with Crippen LogP contribution in [0.2, 0.25) is 9.36 Å². The fourth-order valence-corrected chi connectivity index (χ4v) is 19.2. The van der Waals surface area contributed by atoms with Gasteiger partial charge in [-0.05, 0) is 0 Å². The summed E-state index contributed by atoms with van der Waals surface area (Å²) in [5.41, 5.74) is 12.5. The molecule has 0 nitrogen and oxygen atoms in total. The van der Waals surface area contributed by atoms with E-state index in [1.807, 2.05) is 0 Å². The largest absolute Gasteiger partial charge is 0.147 e. The summed E-state index contributed by atoms with van der Waals surface area (Å²) in [6, 6.07) is 33.1. The summed E-state index contributed by atoms with van der Waals surface area (Å²) in [6.07, 6.45) is 7.62. The van der Waals surface area contributed by atoms with Gasteiger partial charge in [-0.3, -0.25) is 0 Å². The zero-order valence-electron chi connectivity index (χ0n) is 23.8. The molecule has 204 valence electrons. The van der Waals surface area contributed by atoms with Crippen molar-refractivity contribution in [2.45, 2.75) is 73.6 Å². The van der Waals surface area contributed by atoms with Gasteiger partial charge in [-0.25, -0.2) is 0 Å². The fourth-order valence-electron chi connectivity index (χ4n) is 7.41. The summed E-state index contributed by atoms with van der Waals surface area (Å²) in [5.74, 6) is 1.10. The van der Waals surface area contributed by atoms with E-state index in [2.05, 4.69) is 108 Å². The van der Waals surface area contributed by atoms with E-state index >= 15 is 0 Å². The Balaban J connectivity index is 0.00000176. The Morgan fingerprint density at radius 2 is 0.897 bits per heavy atom. The number of benzene rings is 4. The summed E-state index contributed by atoms with van der Waals surface area (Å²) in [6.45, 7) is 4.66. The predicted octanol–water partition coefficient (Wildman–Crippen LogP) is 10.3. The van der Waals surface area contributed by atoms with E-state index in [9.17, 15) is 0 Å². The van der Waals surface area contributed by atoms with Crippen LogP contribution in [-0.2, 0) is 20.0 Å². The molecule has 0 bridgehead atoms. The van der Waals surface area contributed by atoms with Crippen LogP contribution in [0.4, 0.5) is 0 Å². The van der Waals surface area contributed by atoms with Crippen molar-refractivity contribution >= 4 is 31.5 Å². The monoisotopic (exact) mass is 724 g/mol. The van der Waals surface area contributed by atoms with E-state index in [1.165, 1.54) is 60.8 Å². The molecule has 0 saturated heterocycles. The predicted molar refractivity (Wildman–Crippen MR) is 172 cm³/mol. The normalized spacial score (nSPS) is 16.4. The Kier molecular flexibility index (Phi) is 9.68. The van der Waals surface area contributed by atoms with Gasteiger partial charge in [-0.15, -0.1) is 24.8 Å². The second-order valence-corrected chi connectivity index (χ2v) is 27.3. The van der Waals surface area contributed by atoms with Crippen LogP contribution in [-0.4, -0.2) is 0 Å². The Hall–Kier alpha value is -1.67. The maximum atomic E-state index is 2.71. The van der Waals surface area contributed by atoms with Crippen molar-refractivity contribution in [1.82, 2.24) is 0 Å². The Morgan fingerprint density at radius 1 is 0.513 bits per heavy atom. The number of fused-ring (bicyclic) bond motifs is 6. The molecule has 0 fully saturated rings. The maximum Gasteiger partial charge on any atom is -0.147 e. The van der Waals surface area contributed by atoms with Crippen LogP contribution in [0.15, 0.2) is 84.9 Å². The van der Waals surface area contributed by atoms with Gasteiger partial charge in [0.25, 0.3) is 0 Å². The van der Waals surface area contributed by atoms with Crippen molar-refractivity contribution in [2.24, 2.45) is 0 Å². The van der Waals surface area contributed by atoms with Crippen LogP contribution in [0.1, 0.15) is 86.5 Å². The smallest absolute Gasteiger partial charge is 0.147 e. The van der Waals surface area contributed by atoms with E-state index in [0.29, 0.717) is 11.8 Å². The van der Waals surface area contributed by atoms with Crippen molar-refractivity contribution in [3.63, 3.8) is 0 Å². The van der Waals surface area contributed by atoms with Crippen molar-refractivity contribution in [1.29, 1.82) is 0 Å². The maximum absolute atomic E-state index is 3.16. The van der Waals surface area contributed by atoms with E-state index in [0.717, 1.165) is 0 Å². The summed E-state index contributed by atoms with van der Waals surface area (Å²) >= 11 is -3.16. The minimum Gasteiger partial charge on any atom is -0.147 e. The first-order valence-corrected chi connectivity index (χ1v) is 25.3. The first-order chi connectivity index (χ1) is 18.1. The molecule has 4 aromatic rings. The molecular weight excluding hydrogens is 682 g/mol. The van der Waals surface area contributed by atoms with E-state index in [4.69, 9.17) is 0 Å². The van der Waals surface area contributed by atoms with Crippen molar-refractivity contribution in [3.05, 3.63) is 107 Å². The third-order valence-corrected chi connectivity index (χ3v) is 22.0. The second kappa shape index (κ2) is 12.5. The second-order valence-electron chi connectivity index (χ2n) is 11.7. The van der Waals surface area contributed by atoms with Crippen LogP contribution in [0.25, 0.3) is 22.3 Å². The van der Waals surface area contributed by atoms with Crippen LogP contribution >= 0.6 is 24.8 Å². The van der Waals surface area contributed by atoms with E-state index in [1.54, 1.807) is 28.9 Å². The van der Waals surface area contributed by atoms with Gasteiger partial charge in [-0.2, -0.15) is 0 Å². The molecule has 0 radical (unpaired) electrons. The molecule has 0 amide bonds. The van der Waals surface area contributed by atoms with Crippen LogP contribution in [0.5, 0.6) is 0 Å². The number of hydrogen-bond donors (Lipinski definition) is 0. The molecule has 6 rings (SSSR count). The first kappa shape index (κ1) is 30.3. The van der Waals surface area contributed by atoms with Crippen LogP contribution in [0.3, 0.4) is 0 Å². The minimum absolute atomic E-state index is 0. The zero-order chi connectivity index (χ0) is 25.6. The van der Waals surface area contributed by atoms with Gasteiger partial charge in [0.05, 0.1) is 0 Å². The van der Waals surface area contributed by atoms with Gasteiger partial charge in [-0.1, -0.05) is 0 Å². The van der Waals surface area contributed by atoms with Gasteiger partial charge < -0.3 is 0 Å². The SMILES string of the molecule is CCCCC1c2ccccc2-c2ccc[c]([Hf]([CH3])([CH3])[c]3cccc4c3C(CCCC)c3ccccc3-4)c21.Cl.Cl. The molecule has 0 saturated carbocycles. The minimum atomic E-state index is -3.16. The average molecular weight is 724 g/mol. The summed E-state index contributed by atoms with van der Waals surface area (Å²) in [5, 5.41) is 0. The third kappa shape index (κ3) is 5.02. The molecule has 2 unspecified atom stereocenters. The number of halogens is 2. The van der Waals surface area contributed by atoms with E-state index < -0.39 is 20.0 Å². The summed E-state index contributed by atoms with van der Waals surface area (Å²) in [4.78, 5) is 0. The number of unbranched alkanes of at least 4 members (excludes halogenated alkanes) is 2. The van der Waals surface area contributed by atoms with Gasteiger partial charge in [0.1, 0.15) is 0 Å². The molecule has 0 aromatic heterocycles.